The Labute approximate surface area is 151 Å². The molecule has 1 unspecified atom stereocenters. The fraction of sp³-hybridized carbons (Fsp3) is 0.444. The molecule has 1 atom stereocenters. The molecule has 0 bridgehead atoms. The fourth-order valence-corrected chi connectivity index (χ4v) is 2.79. The monoisotopic (exact) mass is 358 g/mol. The maximum absolute atomic E-state index is 12.0. The van der Waals surface area contributed by atoms with Crippen LogP contribution in [-0.4, -0.2) is 41.7 Å². The lowest BCUT2D eigenvalue weighted by molar-refractivity contribution is -0.130. The van der Waals surface area contributed by atoms with Crippen molar-refractivity contribution in [3.05, 3.63) is 30.2 Å². The number of carbonyl (C=O) groups is 2. The summed E-state index contributed by atoms with van der Waals surface area (Å²) < 4.78 is 10.4. The van der Waals surface area contributed by atoms with Crippen LogP contribution in [0.4, 0.5) is 0 Å². The Morgan fingerprint density at radius 2 is 2.19 bits per heavy atom. The number of ether oxygens (including phenoxy) is 1. The van der Waals surface area contributed by atoms with Gasteiger partial charge in [0.1, 0.15) is 11.8 Å². The summed E-state index contributed by atoms with van der Waals surface area (Å²) in [5.41, 5.74) is 0.835. The van der Waals surface area contributed by atoms with Crippen molar-refractivity contribution in [2.75, 3.05) is 13.7 Å². The third-order valence-electron chi connectivity index (χ3n) is 4.23. The van der Waals surface area contributed by atoms with Crippen LogP contribution in [0.1, 0.15) is 31.6 Å². The Hall–Kier alpha value is -2.90. The van der Waals surface area contributed by atoms with E-state index in [0.717, 1.165) is 17.7 Å². The minimum atomic E-state index is -0.415. The zero-order valence-corrected chi connectivity index (χ0v) is 14.7. The van der Waals surface area contributed by atoms with Crippen LogP contribution >= 0.6 is 0 Å². The molecule has 0 spiro atoms. The molecule has 1 fully saturated rings. The number of aromatic nitrogens is 2. The number of carbonyl (C=O) groups excluding carboxylic acids is 2. The smallest absolute Gasteiger partial charge is 0.242 e. The largest absolute Gasteiger partial charge is 0.497 e. The number of piperidine rings is 1. The highest BCUT2D eigenvalue weighted by Crippen LogP contribution is 2.20. The van der Waals surface area contributed by atoms with Crippen molar-refractivity contribution in [1.82, 2.24) is 20.8 Å². The van der Waals surface area contributed by atoms with Gasteiger partial charge < -0.3 is 19.9 Å². The molecule has 2 amide bonds. The average molecular weight is 358 g/mol. The summed E-state index contributed by atoms with van der Waals surface area (Å²) in [4.78, 5) is 27.9. The second kappa shape index (κ2) is 8.46. The second-order valence-electron chi connectivity index (χ2n) is 6.15. The zero-order valence-electron chi connectivity index (χ0n) is 14.7. The summed E-state index contributed by atoms with van der Waals surface area (Å²) in [5.74, 6) is 1.51. The van der Waals surface area contributed by atoms with Gasteiger partial charge in [-0.15, -0.1) is 0 Å². The normalized spacial score (nSPS) is 16.8. The van der Waals surface area contributed by atoms with Gasteiger partial charge >= 0.3 is 0 Å². The van der Waals surface area contributed by atoms with Gasteiger partial charge in [-0.2, -0.15) is 4.98 Å². The van der Waals surface area contributed by atoms with Crippen LogP contribution in [0.5, 0.6) is 5.75 Å². The third kappa shape index (κ3) is 4.59. The summed E-state index contributed by atoms with van der Waals surface area (Å²) in [6.45, 7) is 0.679. The second-order valence-corrected chi connectivity index (χ2v) is 6.15. The van der Waals surface area contributed by atoms with Gasteiger partial charge in [-0.3, -0.25) is 9.59 Å². The average Bonchev–Trinajstić information content (AvgIpc) is 3.12. The standard InChI is InChI=1S/C18H22N4O4/c1-25-13-9-7-12(8-10-13)17-21-16(26-22-17)6-2-5-15(23)20-14-4-3-11-19-18(14)24/h7-10,14H,2-6,11H2,1H3,(H,19,24)(H,20,23). The van der Waals surface area contributed by atoms with Crippen molar-refractivity contribution in [1.29, 1.82) is 0 Å². The number of aryl methyl sites for hydroxylation is 1. The molecule has 2 heterocycles. The van der Waals surface area contributed by atoms with E-state index in [1.807, 2.05) is 24.3 Å². The molecule has 1 saturated heterocycles. The SMILES string of the molecule is COc1ccc(-c2noc(CCCC(=O)NC3CCCNC3=O)n2)cc1. The van der Waals surface area contributed by atoms with Crippen molar-refractivity contribution < 1.29 is 18.8 Å². The molecule has 8 nitrogen and oxygen atoms in total. The number of benzene rings is 1. The first-order valence-corrected chi connectivity index (χ1v) is 8.70. The number of methoxy groups -OCH3 is 1. The first kappa shape index (κ1) is 17.9. The molecule has 2 N–H and O–H groups in total. The Kier molecular flexibility index (Phi) is 5.83. The minimum absolute atomic E-state index is 0.106. The molecule has 3 rings (SSSR count). The number of hydrogen-bond donors (Lipinski definition) is 2. The quantitative estimate of drug-likeness (QED) is 0.776. The van der Waals surface area contributed by atoms with Crippen LogP contribution in [0.2, 0.25) is 0 Å². The molecule has 1 aromatic heterocycles. The van der Waals surface area contributed by atoms with Gasteiger partial charge in [-0.1, -0.05) is 5.16 Å². The van der Waals surface area contributed by atoms with Crippen molar-refractivity contribution in [2.45, 2.75) is 38.1 Å². The zero-order chi connectivity index (χ0) is 18.4. The predicted octanol–water partition coefficient (Wildman–Crippen LogP) is 1.46. The van der Waals surface area contributed by atoms with E-state index in [0.29, 0.717) is 43.9 Å². The Morgan fingerprint density at radius 1 is 1.38 bits per heavy atom. The summed E-state index contributed by atoms with van der Waals surface area (Å²) in [7, 11) is 1.61. The van der Waals surface area contributed by atoms with Gasteiger partial charge in [-0.05, 0) is 43.5 Å². The molecule has 0 radical (unpaired) electrons. The molecule has 8 heteroatoms. The van der Waals surface area contributed by atoms with Gasteiger partial charge in [0, 0.05) is 24.9 Å². The van der Waals surface area contributed by atoms with E-state index in [4.69, 9.17) is 9.26 Å². The maximum atomic E-state index is 12.0. The molecule has 1 aliphatic heterocycles. The third-order valence-corrected chi connectivity index (χ3v) is 4.23. The van der Waals surface area contributed by atoms with Crippen molar-refractivity contribution in [2.24, 2.45) is 0 Å². The fourth-order valence-electron chi connectivity index (χ4n) is 2.79. The van der Waals surface area contributed by atoms with E-state index in [1.165, 1.54) is 0 Å². The van der Waals surface area contributed by atoms with Crippen molar-refractivity contribution >= 4 is 11.8 Å². The lowest BCUT2D eigenvalue weighted by Crippen LogP contribution is -2.50. The van der Waals surface area contributed by atoms with Crippen LogP contribution in [0.25, 0.3) is 11.4 Å². The van der Waals surface area contributed by atoms with E-state index in [-0.39, 0.29) is 11.8 Å². The molecule has 0 saturated carbocycles. The summed E-state index contributed by atoms with van der Waals surface area (Å²) >= 11 is 0. The lowest BCUT2D eigenvalue weighted by atomic mass is 10.1. The van der Waals surface area contributed by atoms with Gasteiger partial charge in [0.2, 0.25) is 23.5 Å². The minimum Gasteiger partial charge on any atom is -0.497 e. The van der Waals surface area contributed by atoms with E-state index < -0.39 is 6.04 Å². The van der Waals surface area contributed by atoms with E-state index >= 15 is 0 Å². The van der Waals surface area contributed by atoms with Gasteiger partial charge in [0.05, 0.1) is 7.11 Å². The van der Waals surface area contributed by atoms with E-state index in [2.05, 4.69) is 20.8 Å². The van der Waals surface area contributed by atoms with Gasteiger partial charge in [-0.25, -0.2) is 0 Å². The predicted molar refractivity (Wildman–Crippen MR) is 93.4 cm³/mol. The molecule has 26 heavy (non-hydrogen) atoms. The molecular formula is C18H22N4O4. The van der Waals surface area contributed by atoms with E-state index in [1.54, 1.807) is 7.11 Å². The first-order chi connectivity index (χ1) is 12.7. The van der Waals surface area contributed by atoms with Gasteiger partial charge in [0.25, 0.3) is 0 Å². The molecule has 138 valence electrons. The number of nitrogens with zero attached hydrogens (tertiary/aromatic N) is 2. The summed E-state index contributed by atoms with van der Waals surface area (Å²) in [5, 5.41) is 9.48. The molecule has 0 aliphatic carbocycles. The van der Waals surface area contributed by atoms with Crippen LogP contribution < -0.4 is 15.4 Å². The number of hydrogen-bond acceptors (Lipinski definition) is 6. The highest BCUT2D eigenvalue weighted by Gasteiger charge is 2.23. The van der Waals surface area contributed by atoms with Crippen LogP contribution in [-0.2, 0) is 16.0 Å². The molecule has 1 aliphatic rings. The van der Waals surface area contributed by atoms with Crippen molar-refractivity contribution in [3.8, 4) is 17.1 Å². The first-order valence-electron chi connectivity index (χ1n) is 8.70. The van der Waals surface area contributed by atoms with Crippen LogP contribution in [0.3, 0.4) is 0 Å². The molecular weight excluding hydrogens is 336 g/mol. The Morgan fingerprint density at radius 3 is 2.92 bits per heavy atom. The van der Waals surface area contributed by atoms with Gasteiger partial charge in [0.15, 0.2) is 0 Å². The highest BCUT2D eigenvalue weighted by molar-refractivity contribution is 5.88. The Bertz CT molecular complexity index is 757. The summed E-state index contributed by atoms with van der Waals surface area (Å²) in [6.07, 6.45) is 2.96. The van der Waals surface area contributed by atoms with Crippen LogP contribution in [0, 0.1) is 0 Å². The topological polar surface area (TPSA) is 106 Å². The lowest BCUT2D eigenvalue weighted by Gasteiger charge is -2.22. The highest BCUT2D eigenvalue weighted by atomic mass is 16.5. The Balaban J connectivity index is 1.45. The molecule has 2 aromatic rings. The van der Waals surface area contributed by atoms with Crippen molar-refractivity contribution in [3.63, 3.8) is 0 Å². The number of amides is 2. The number of rotatable bonds is 7. The summed E-state index contributed by atoms with van der Waals surface area (Å²) in [6, 6.07) is 6.96. The van der Waals surface area contributed by atoms with Crippen LogP contribution in [0.15, 0.2) is 28.8 Å². The maximum Gasteiger partial charge on any atom is 0.242 e. The van der Waals surface area contributed by atoms with E-state index in [9.17, 15) is 9.59 Å². The molecule has 1 aromatic carbocycles. The number of nitrogens with one attached hydrogen (secondary N) is 2.